The van der Waals surface area contributed by atoms with Crippen LogP contribution < -0.4 is 5.32 Å². The Morgan fingerprint density at radius 1 is 1.23 bits per heavy atom. The first-order valence-electron chi connectivity index (χ1n) is 8.41. The molecule has 0 aromatic heterocycles. The van der Waals surface area contributed by atoms with Gasteiger partial charge in [-0.2, -0.15) is 0 Å². The summed E-state index contributed by atoms with van der Waals surface area (Å²) < 4.78 is 0. The van der Waals surface area contributed by atoms with E-state index in [1.165, 1.54) is 32.1 Å². The van der Waals surface area contributed by atoms with Crippen molar-refractivity contribution in [3.63, 3.8) is 0 Å². The molecule has 0 unspecified atom stereocenters. The maximum Gasteiger partial charge on any atom is 0.238 e. The van der Waals surface area contributed by atoms with Gasteiger partial charge in [-0.05, 0) is 49.6 Å². The van der Waals surface area contributed by atoms with E-state index in [1.54, 1.807) is 11.8 Å². The molecule has 0 spiro atoms. The molecule has 1 aromatic carbocycles. The summed E-state index contributed by atoms with van der Waals surface area (Å²) in [6, 6.07) is 8.02. The predicted octanol–water partition coefficient (Wildman–Crippen LogP) is 3.86. The van der Waals surface area contributed by atoms with E-state index in [0.717, 1.165) is 35.5 Å². The number of likely N-dealkylation sites (tertiary alicyclic amines) is 1. The van der Waals surface area contributed by atoms with Crippen molar-refractivity contribution >= 4 is 23.4 Å². The number of anilines is 1. The highest BCUT2D eigenvalue weighted by atomic mass is 32.2. The number of para-hydroxylation sites is 1. The zero-order valence-electron chi connectivity index (χ0n) is 13.4. The van der Waals surface area contributed by atoms with Gasteiger partial charge >= 0.3 is 0 Å². The van der Waals surface area contributed by atoms with Gasteiger partial charge in [-0.15, -0.1) is 11.8 Å². The number of carbonyl (C=O) groups excluding carboxylic acids is 1. The van der Waals surface area contributed by atoms with Crippen LogP contribution in [0.5, 0.6) is 0 Å². The number of hydrogen-bond donors (Lipinski definition) is 1. The lowest BCUT2D eigenvalue weighted by Gasteiger charge is -2.41. The number of fused-ring (bicyclic) bond motifs is 1. The second kappa shape index (κ2) is 7.51. The van der Waals surface area contributed by atoms with E-state index in [1.807, 2.05) is 30.5 Å². The fourth-order valence-corrected chi connectivity index (χ4v) is 4.51. The lowest BCUT2D eigenvalue weighted by Crippen LogP contribution is -2.44. The third-order valence-corrected chi connectivity index (χ3v) is 5.92. The Morgan fingerprint density at radius 3 is 2.82 bits per heavy atom. The average Bonchev–Trinajstić information content (AvgIpc) is 2.55. The van der Waals surface area contributed by atoms with Crippen LogP contribution in [0, 0.1) is 11.8 Å². The lowest BCUT2D eigenvalue weighted by molar-refractivity contribution is -0.118. The Kier molecular flexibility index (Phi) is 5.42. The summed E-state index contributed by atoms with van der Waals surface area (Å²) in [5, 5.41) is 3.08. The zero-order chi connectivity index (χ0) is 15.4. The van der Waals surface area contributed by atoms with Crippen LogP contribution in [0.4, 0.5) is 5.69 Å². The molecule has 1 heterocycles. The van der Waals surface area contributed by atoms with Gasteiger partial charge in [-0.25, -0.2) is 0 Å². The van der Waals surface area contributed by atoms with Crippen molar-refractivity contribution in [1.82, 2.24) is 4.90 Å². The molecule has 22 heavy (non-hydrogen) atoms. The molecule has 4 heteroatoms. The molecule has 3 rings (SSSR count). The van der Waals surface area contributed by atoms with Crippen molar-refractivity contribution < 1.29 is 4.79 Å². The molecular weight excluding hydrogens is 292 g/mol. The molecule has 3 nitrogen and oxygen atoms in total. The number of benzene rings is 1. The number of piperidine rings is 1. The molecule has 120 valence electrons. The molecule has 0 bridgehead atoms. The van der Waals surface area contributed by atoms with E-state index in [-0.39, 0.29) is 5.91 Å². The molecule has 1 amide bonds. The molecule has 2 fully saturated rings. The number of nitrogens with one attached hydrogen (secondary N) is 1. The van der Waals surface area contributed by atoms with Crippen molar-refractivity contribution in [1.29, 1.82) is 0 Å². The first-order chi connectivity index (χ1) is 10.8. The molecule has 1 saturated carbocycles. The predicted molar refractivity (Wildman–Crippen MR) is 93.4 cm³/mol. The van der Waals surface area contributed by atoms with E-state index in [0.29, 0.717) is 6.54 Å². The summed E-state index contributed by atoms with van der Waals surface area (Å²) in [7, 11) is 0. The van der Waals surface area contributed by atoms with Crippen LogP contribution in [0.1, 0.15) is 32.1 Å². The third kappa shape index (κ3) is 3.85. The Hall–Kier alpha value is -1.00. The summed E-state index contributed by atoms with van der Waals surface area (Å²) in [5.41, 5.74) is 0.938. The van der Waals surface area contributed by atoms with Gasteiger partial charge in [0.2, 0.25) is 5.91 Å². The number of hydrogen-bond acceptors (Lipinski definition) is 3. The average molecular weight is 318 g/mol. The van der Waals surface area contributed by atoms with E-state index < -0.39 is 0 Å². The second-order valence-corrected chi connectivity index (χ2v) is 7.42. The maximum absolute atomic E-state index is 12.3. The normalized spacial score (nSPS) is 25.5. The standard InChI is InChI=1S/C18H26N2OS/c1-22-17-9-5-4-8-16(17)19-18(21)13-20-11-10-14-6-2-3-7-15(14)12-20/h4-5,8-9,14-15H,2-3,6-7,10-13H2,1H3,(H,19,21)/t14-,15+/m0/s1. The second-order valence-electron chi connectivity index (χ2n) is 6.58. The molecule has 0 radical (unpaired) electrons. The smallest absolute Gasteiger partial charge is 0.238 e. The van der Waals surface area contributed by atoms with Crippen LogP contribution in [0.25, 0.3) is 0 Å². The summed E-state index contributed by atoms with van der Waals surface area (Å²) in [4.78, 5) is 15.8. The topological polar surface area (TPSA) is 32.3 Å². The number of amides is 1. The fourth-order valence-electron chi connectivity index (χ4n) is 3.96. The number of nitrogens with zero attached hydrogens (tertiary/aromatic N) is 1. The van der Waals surface area contributed by atoms with E-state index in [2.05, 4.69) is 10.2 Å². The van der Waals surface area contributed by atoms with Gasteiger partial charge in [0, 0.05) is 11.4 Å². The zero-order valence-corrected chi connectivity index (χ0v) is 14.2. The first kappa shape index (κ1) is 15.9. The molecule has 1 saturated heterocycles. The number of rotatable bonds is 4. The van der Waals surface area contributed by atoms with Crippen molar-refractivity contribution in [2.24, 2.45) is 11.8 Å². The molecule has 1 aromatic rings. The Labute approximate surface area is 137 Å². The van der Waals surface area contributed by atoms with Crippen LogP contribution in [0.3, 0.4) is 0 Å². The Balaban J connectivity index is 1.53. The molecule has 2 atom stereocenters. The van der Waals surface area contributed by atoms with Gasteiger partial charge in [0.1, 0.15) is 0 Å². The lowest BCUT2D eigenvalue weighted by atomic mass is 9.75. The summed E-state index contributed by atoms with van der Waals surface area (Å²) in [5.74, 6) is 1.87. The van der Waals surface area contributed by atoms with Gasteiger partial charge < -0.3 is 5.32 Å². The molecule has 1 aliphatic carbocycles. The molecular formula is C18H26N2OS. The minimum Gasteiger partial charge on any atom is -0.324 e. The van der Waals surface area contributed by atoms with Crippen LogP contribution in [-0.4, -0.2) is 36.7 Å². The first-order valence-corrected chi connectivity index (χ1v) is 9.64. The SMILES string of the molecule is CSc1ccccc1NC(=O)CN1CC[C@@H]2CCCC[C@@H]2C1. The van der Waals surface area contributed by atoms with E-state index in [9.17, 15) is 4.79 Å². The third-order valence-electron chi connectivity index (χ3n) is 5.12. The van der Waals surface area contributed by atoms with Crippen molar-refractivity contribution in [2.75, 3.05) is 31.2 Å². The number of thioether (sulfide) groups is 1. The van der Waals surface area contributed by atoms with Crippen LogP contribution in [0.2, 0.25) is 0 Å². The highest BCUT2D eigenvalue weighted by Crippen LogP contribution is 2.36. The highest BCUT2D eigenvalue weighted by Gasteiger charge is 2.31. The van der Waals surface area contributed by atoms with Crippen LogP contribution >= 0.6 is 11.8 Å². The van der Waals surface area contributed by atoms with Gasteiger partial charge in [0.05, 0.1) is 12.2 Å². The largest absolute Gasteiger partial charge is 0.324 e. The minimum absolute atomic E-state index is 0.121. The Morgan fingerprint density at radius 2 is 2.00 bits per heavy atom. The van der Waals surface area contributed by atoms with Crippen LogP contribution in [-0.2, 0) is 4.79 Å². The summed E-state index contributed by atoms with van der Waals surface area (Å²) in [6.07, 6.45) is 8.87. The highest BCUT2D eigenvalue weighted by molar-refractivity contribution is 7.98. The molecule has 1 N–H and O–H groups in total. The van der Waals surface area contributed by atoms with Gasteiger partial charge in [0.15, 0.2) is 0 Å². The maximum atomic E-state index is 12.3. The Bertz CT molecular complexity index is 520. The van der Waals surface area contributed by atoms with Crippen LogP contribution in [0.15, 0.2) is 29.2 Å². The van der Waals surface area contributed by atoms with E-state index in [4.69, 9.17) is 0 Å². The van der Waals surface area contributed by atoms with Gasteiger partial charge in [0.25, 0.3) is 0 Å². The fraction of sp³-hybridized carbons (Fsp3) is 0.611. The summed E-state index contributed by atoms with van der Waals surface area (Å²) >= 11 is 1.67. The monoisotopic (exact) mass is 318 g/mol. The molecule has 2 aliphatic rings. The summed E-state index contributed by atoms with van der Waals surface area (Å²) in [6.45, 7) is 2.73. The quantitative estimate of drug-likeness (QED) is 0.856. The molecule has 1 aliphatic heterocycles. The van der Waals surface area contributed by atoms with Crippen molar-refractivity contribution in [3.05, 3.63) is 24.3 Å². The van der Waals surface area contributed by atoms with Crippen molar-refractivity contribution in [2.45, 2.75) is 37.0 Å². The van der Waals surface area contributed by atoms with Gasteiger partial charge in [-0.3, -0.25) is 9.69 Å². The number of carbonyl (C=O) groups is 1. The van der Waals surface area contributed by atoms with Crippen molar-refractivity contribution in [3.8, 4) is 0 Å². The van der Waals surface area contributed by atoms with Gasteiger partial charge in [-0.1, -0.05) is 31.4 Å². The minimum atomic E-state index is 0.121. The van der Waals surface area contributed by atoms with E-state index >= 15 is 0 Å².